The van der Waals surface area contributed by atoms with E-state index in [1.807, 2.05) is 6.92 Å². The first kappa shape index (κ1) is 13.2. The summed E-state index contributed by atoms with van der Waals surface area (Å²) < 4.78 is 4.97. The average Bonchev–Trinajstić information content (AvgIpc) is 2.71. The van der Waals surface area contributed by atoms with E-state index in [2.05, 4.69) is 13.8 Å². The monoisotopic (exact) mass is 264 g/mol. The maximum atomic E-state index is 12.0. The number of fused-ring (bicyclic) bond motifs is 2. The molecule has 4 atom stereocenters. The van der Waals surface area contributed by atoms with Crippen LogP contribution in [0.3, 0.4) is 0 Å². The van der Waals surface area contributed by atoms with Crippen LogP contribution in [0.5, 0.6) is 0 Å². The Bertz CT molecular complexity index is 480. The van der Waals surface area contributed by atoms with Gasteiger partial charge in [0.2, 0.25) is 0 Å². The molecule has 2 fully saturated rings. The lowest BCUT2D eigenvalue weighted by Crippen LogP contribution is -2.59. The molecule has 3 nitrogen and oxygen atoms in total. The van der Waals surface area contributed by atoms with Crippen LogP contribution in [0.4, 0.5) is 0 Å². The Kier molecular flexibility index (Phi) is 2.52. The molecule has 0 unspecified atom stereocenters. The van der Waals surface area contributed by atoms with Gasteiger partial charge in [0.1, 0.15) is 0 Å². The van der Waals surface area contributed by atoms with Crippen LogP contribution in [0.15, 0.2) is 11.1 Å². The smallest absolute Gasteiger partial charge is 0.311 e. The second kappa shape index (κ2) is 3.63. The van der Waals surface area contributed by atoms with Gasteiger partial charge in [0.05, 0.1) is 18.1 Å². The molecular weight excluding hydrogens is 240 g/mol. The number of esters is 1. The summed E-state index contributed by atoms with van der Waals surface area (Å²) in [5.41, 5.74) is 1.48. The molecule has 0 aliphatic heterocycles. The number of carbonyl (C=O) groups is 1. The zero-order chi connectivity index (χ0) is 14.1. The molecule has 3 aliphatic carbocycles. The second-order valence-corrected chi connectivity index (χ2v) is 7.41. The minimum atomic E-state index is -0.611. The van der Waals surface area contributed by atoms with Crippen LogP contribution in [0.25, 0.3) is 0 Å². The van der Waals surface area contributed by atoms with Gasteiger partial charge in [0.15, 0.2) is 0 Å². The molecular formula is C16H24O3. The van der Waals surface area contributed by atoms with E-state index in [0.29, 0.717) is 5.92 Å². The molecule has 1 N–H and O–H groups in total. The number of hydrogen-bond donors (Lipinski definition) is 1. The van der Waals surface area contributed by atoms with Crippen molar-refractivity contribution in [1.29, 1.82) is 0 Å². The molecule has 19 heavy (non-hydrogen) atoms. The second-order valence-electron chi connectivity index (χ2n) is 7.41. The van der Waals surface area contributed by atoms with Crippen molar-refractivity contribution < 1.29 is 14.6 Å². The molecule has 0 spiro atoms. The molecule has 0 aromatic heterocycles. The first-order valence-corrected chi connectivity index (χ1v) is 7.27. The Morgan fingerprint density at radius 3 is 2.53 bits per heavy atom. The summed E-state index contributed by atoms with van der Waals surface area (Å²) >= 11 is 0. The lowest BCUT2D eigenvalue weighted by atomic mass is 9.48. The molecule has 3 aliphatic rings. The van der Waals surface area contributed by atoms with Crippen LogP contribution in [0.2, 0.25) is 0 Å². The van der Waals surface area contributed by atoms with Crippen molar-refractivity contribution in [3.8, 4) is 0 Å². The average molecular weight is 264 g/mol. The van der Waals surface area contributed by atoms with E-state index in [-0.39, 0.29) is 11.4 Å². The van der Waals surface area contributed by atoms with Crippen LogP contribution in [-0.2, 0) is 9.53 Å². The largest absolute Gasteiger partial charge is 0.469 e. The van der Waals surface area contributed by atoms with Crippen molar-refractivity contribution >= 4 is 5.97 Å². The molecule has 3 rings (SSSR count). The first-order valence-electron chi connectivity index (χ1n) is 7.27. The summed E-state index contributed by atoms with van der Waals surface area (Å²) in [5, 5.41) is 10.9. The van der Waals surface area contributed by atoms with Gasteiger partial charge in [-0.2, -0.15) is 0 Å². The highest BCUT2D eigenvalue weighted by Crippen LogP contribution is 2.65. The summed E-state index contributed by atoms with van der Waals surface area (Å²) in [6.07, 6.45) is 4.62. The quantitative estimate of drug-likeness (QED) is 0.585. The van der Waals surface area contributed by atoms with Gasteiger partial charge >= 0.3 is 5.97 Å². The molecule has 2 saturated carbocycles. The van der Waals surface area contributed by atoms with Crippen molar-refractivity contribution in [3.05, 3.63) is 11.1 Å². The number of allylic oxidation sites excluding steroid dienone is 1. The van der Waals surface area contributed by atoms with Gasteiger partial charge < -0.3 is 9.84 Å². The number of rotatable bonds is 1. The van der Waals surface area contributed by atoms with E-state index in [9.17, 15) is 9.90 Å². The zero-order valence-electron chi connectivity index (χ0n) is 12.4. The molecule has 0 heterocycles. The number of aliphatic hydroxyl groups is 1. The van der Waals surface area contributed by atoms with Crippen molar-refractivity contribution in [2.24, 2.45) is 16.7 Å². The van der Waals surface area contributed by atoms with Gasteiger partial charge in [0, 0.05) is 5.41 Å². The normalized spacial score (nSPS) is 48.4. The fourth-order valence-corrected chi connectivity index (χ4v) is 4.85. The maximum absolute atomic E-state index is 12.0. The molecule has 0 aromatic carbocycles. The first-order chi connectivity index (χ1) is 8.76. The Hall–Kier alpha value is -0.830. The van der Waals surface area contributed by atoms with Crippen LogP contribution in [0.1, 0.15) is 52.9 Å². The fraction of sp³-hybridized carbons (Fsp3) is 0.812. The third kappa shape index (κ3) is 1.45. The van der Waals surface area contributed by atoms with Gasteiger partial charge in [-0.05, 0) is 57.4 Å². The number of ether oxygens (including phenoxy) is 1. The molecule has 0 radical (unpaired) electrons. The van der Waals surface area contributed by atoms with E-state index in [1.165, 1.54) is 12.7 Å². The van der Waals surface area contributed by atoms with E-state index >= 15 is 0 Å². The van der Waals surface area contributed by atoms with E-state index in [4.69, 9.17) is 4.74 Å². The number of hydrogen-bond acceptors (Lipinski definition) is 3. The predicted molar refractivity (Wildman–Crippen MR) is 72.5 cm³/mol. The standard InChI is InChI=1S/C16H24O3/c1-10-12-9-14(2,13(17)19-4)7-11(12)8-15(3)5-6-16(10,15)18/h11,18H,5-9H2,1-4H3/t11-,14-,15-,16-/m0/s1. The van der Waals surface area contributed by atoms with Gasteiger partial charge in [-0.1, -0.05) is 12.5 Å². The summed E-state index contributed by atoms with van der Waals surface area (Å²) in [4.78, 5) is 12.0. The Morgan fingerprint density at radius 2 is 2.00 bits per heavy atom. The SMILES string of the molecule is COC(=O)[C@]1(C)CC2=C(C)[C@@]3(O)CC[C@@]3(C)C[C@@H]2C1. The minimum absolute atomic E-state index is 0.0205. The Balaban J connectivity index is 1.99. The minimum Gasteiger partial charge on any atom is -0.469 e. The highest BCUT2D eigenvalue weighted by atomic mass is 16.5. The lowest BCUT2D eigenvalue weighted by Gasteiger charge is -2.59. The highest BCUT2D eigenvalue weighted by molar-refractivity contribution is 5.77. The lowest BCUT2D eigenvalue weighted by molar-refractivity contribution is -0.152. The predicted octanol–water partition coefficient (Wildman–Crippen LogP) is 2.83. The third-order valence-corrected chi connectivity index (χ3v) is 6.28. The summed E-state index contributed by atoms with van der Waals surface area (Å²) in [5.74, 6) is 0.348. The molecule has 0 saturated heterocycles. The maximum Gasteiger partial charge on any atom is 0.311 e. The molecule has 0 aromatic rings. The molecule has 0 bridgehead atoms. The molecule has 3 heteroatoms. The van der Waals surface area contributed by atoms with Crippen molar-refractivity contribution in [2.45, 2.75) is 58.5 Å². The van der Waals surface area contributed by atoms with Crippen molar-refractivity contribution in [3.63, 3.8) is 0 Å². The number of methoxy groups -OCH3 is 1. The molecule has 0 amide bonds. The van der Waals surface area contributed by atoms with Gasteiger partial charge in [-0.25, -0.2) is 0 Å². The van der Waals surface area contributed by atoms with Gasteiger partial charge in [-0.3, -0.25) is 4.79 Å². The number of carbonyl (C=O) groups excluding carboxylic acids is 1. The molecule has 106 valence electrons. The Morgan fingerprint density at radius 1 is 1.32 bits per heavy atom. The van der Waals surface area contributed by atoms with Crippen molar-refractivity contribution in [1.82, 2.24) is 0 Å². The van der Waals surface area contributed by atoms with E-state index < -0.39 is 11.0 Å². The van der Waals surface area contributed by atoms with E-state index in [1.54, 1.807) is 0 Å². The van der Waals surface area contributed by atoms with Gasteiger partial charge in [-0.15, -0.1) is 0 Å². The third-order valence-electron chi connectivity index (χ3n) is 6.28. The zero-order valence-corrected chi connectivity index (χ0v) is 12.4. The van der Waals surface area contributed by atoms with Crippen LogP contribution in [-0.4, -0.2) is 23.8 Å². The van der Waals surface area contributed by atoms with Gasteiger partial charge in [0.25, 0.3) is 0 Å². The highest BCUT2D eigenvalue weighted by Gasteiger charge is 2.62. The topological polar surface area (TPSA) is 46.5 Å². The summed E-state index contributed by atoms with van der Waals surface area (Å²) in [6, 6.07) is 0. The van der Waals surface area contributed by atoms with E-state index in [0.717, 1.165) is 37.7 Å². The Labute approximate surface area is 115 Å². The van der Waals surface area contributed by atoms with Crippen molar-refractivity contribution in [2.75, 3.05) is 7.11 Å². The van der Waals surface area contributed by atoms with Crippen LogP contribution >= 0.6 is 0 Å². The summed E-state index contributed by atoms with van der Waals surface area (Å²) in [7, 11) is 1.47. The summed E-state index contributed by atoms with van der Waals surface area (Å²) in [6.45, 7) is 6.28. The van der Waals surface area contributed by atoms with Crippen LogP contribution in [0, 0.1) is 16.7 Å². The van der Waals surface area contributed by atoms with Crippen LogP contribution < -0.4 is 0 Å². The fourth-order valence-electron chi connectivity index (χ4n) is 4.85.